The molecule has 0 amide bonds. The van der Waals surface area contributed by atoms with E-state index in [-0.39, 0.29) is 5.82 Å². The Hall–Kier alpha value is -2.95. The molecule has 0 fully saturated rings. The number of hydrogen-bond donors (Lipinski definition) is 1. The minimum Gasteiger partial charge on any atom is -0.493 e. The highest BCUT2D eigenvalue weighted by atomic mass is 16.5. The van der Waals surface area contributed by atoms with Crippen molar-refractivity contribution in [1.82, 2.24) is 0 Å². The quantitative estimate of drug-likeness (QED) is 0.613. The molecule has 2 N–H and O–H groups in total. The van der Waals surface area contributed by atoms with E-state index in [4.69, 9.17) is 15.2 Å². The maximum Gasteiger partial charge on any atom is 0.162 e. The smallest absolute Gasteiger partial charge is 0.162 e. The molecule has 24 heavy (non-hydrogen) atoms. The van der Waals surface area contributed by atoms with Crippen molar-refractivity contribution in [2.45, 2.75) is 20.5 Å². The molecule has 128 valence electrons. The lowest BCUT2D eigenvalue weighted by atomic mass is 10.2. The fourth-order valence-electron chi connectivity index (χ4n) is 1.98. The van der Waals surface area contributed by atoms with Crippen molar-refractivity contribution in [1.29, 1.82) is 0 Å². The van der Waals surface area contributed by atoms with Crippen molar-refractivity contribution >= 4 is 12.4 Å². The third kappa shape index (κ3) is 5.05. The molecule has 0 bridgehead atoms. The van der Waals surface area contributed by atoms with Gasteiger partial charge in [0.1, 0.15) is 12.4 Å². The molecule has 0 atom stereocenters. The van der Waals surface area contributed by atoms with Gasteiger partial charge >= 0.3 is 0 Å². The molecule has 0 radical (unpaired) electrons. The molecule has 2 aromatic carbocycles. The number of benzene rings is 2. The van der Waals surface area contributed by atoms with Gasteiger partial charge in [-0.15, -0.1) is 0 Å². The average Bonchev–Trinajstić information content (AvgIpc) is 2.63. The van der Waals surface area contributed by atoms with Crippen LogP contribution in [0.4, 0.5) is 5.69 Å². The summed E-state index contributed by atoms with van der Waals surface area (Å²) >= 11 is 0. The van der Waals surface area contributed by atoms with Crippen molar-refractivity contribution in [3.63, 3.8) is 0 Å². The van der Waals surface area contributed by atoms with Gasteiger partial charge in [0.15, 0.2) is 11.5 Å². The standard InChI is InChI=1S/C17H19N3O2.C2H6/c1-13(18)20(19-2)15-9-10-16(17(11-15)21-3)22-12-14-7-5-4-6-8-14;1-2/h4-11H,1-2,12,18H2,3H3;1-2H3. The van der Waals surface area contributed by atoms with E-state index in [1.807, 2.05) is 50.2 Å². The Labute approximate surface area is 144 Å². The van der Waals surface area contributed by atoms with Gasteiger partial charge in [-0.1, -0.05) is 50.8 Å². The first kappa shape index (κ1) is 19.1. The lowest BCUT2D eigenvalue weighted by Gasteiger charge is -2.19. The monoisotopic (exact) mass is 327 g/mol. The highest BCUT2D eigenvalue weighted by Gasteiger charge is 2.11. The minimum atomic E-state index is 0.273. The summed E-state index contributed by atoms with van der Waals surface area (Å²) in [6, 6.07) is 15.3. The second-order valence-electron chi connectivity index (χ2n) is 4.55. The van der Waals surface area contributed by atoms with Gasteiger partial charge in [0.05, 0.1) is 12.8 Å². The number of nitrogens with two attached hydrogens (primary N) is 1. The molecule has 0 saturated carbocycles. The van der Waals surface area contributed by atoms with E-state index in [1.165, 1.54) is 5.01 Å². The molecular formula is C19H25N3O2. The van der Waals surface area contributed by atoms with Crippen LogP contribution in [0.2, 0.25) is 0 Å². The van der Waals surface area contributed by atoms with Crippen LogP contribution in [-0.2, 0) is 6.61 Å². The third-order valence-electron chi connectivity index (χ3n) is 3.04. The number of methoxy groups -OCH3 is 1. The summed E-state index contributed by atoms with van der Waals surface area (Å²) in [5.41, 5.74) is 7.45. The van der Waals surface area contributed by atoms with Crippen LogP contribution < -0.4 is 20.2 Å². The fourth-order valence-corrected chi connectivity index (χ4v) is 1.98. The van der Waals surface area contributed by atoms with Crippen LogP contribution in [0.5, 0.6) is 11.5 Å². The average molecular weight is 327 g/mol. The van der Waals surface area contributed by atoms with Gasteiger partial charge < -0.3 is 15.2 Å². The molecular weight excluding hydrogens is 302 g/mol. The van der Waals surface area contributed by atoms with Crippen LogP contribution in [0.25, 0.3) is 0 Å². The topological polar surface area (TPSA) is 60.1 Å². The number of hydrazone groups is 1. The molecule has 5 nitrogen and oxygen atoms in total. The summed E-state index contributed by atoms with van der Waals surface area (Å²) in [6.07, 6.45) is 0. The number of hydrogen-bond acceptors (Lipinski definition) is 5. The van der Waals surface area contributed by atoms with Crippen molar-refractivity contribution in [3.05, 3.63) is 66.5 Å². The van der Waals surface area contributed by atoms with Crippen LogP contribution in [0, 0.1) is 0 Å². The lowest BCUT2D eigenvalue weighted by Crippen LogP contribution is -2.20. The lowest BCUT2D eigenvalue weighted by molar-refractivity contribution is 0.284. The van der Waals surface area contributed by atoms with Crippen molar-refractivity contribution in [2.75, 3.05) is 12.1 Å². The Kier molecular flexibility index (Phi) is 7.91. The molecule has 0 aliphatic carbocycles. The van der Waals surface area contributed by atoms with E-state index in [0.717, 1.165) is 5.56 Å². The second kappa shape index (κ2) is 9.94. The largest absolute Gasteiger partial charge is 0.493 e. The van der Waals surface area contributed by atoms with Gasteiger partial charge in [-0.05, 0) is 17.7 Å². The summed E-state index contributed by atoms with van der Waals surface area (Å²) in [5.74, 6) is 1.50. The first-order valence-electron chi connectivity index (χ1n) is 7.71. The molecule has 0 heterocycles. The van der Waals surface area contributed by atoms with Gasteiger partial charge in [0.25, 0.3) is 0 Å². The number of nitrogens with zero attached hydrogens (tertiary/aromatic N) is 2. The molecule has 0 spiro atoms. The minimum absolute atomic E-state index is 0.273. The number of ether oxygens (including phenoxy) is 2. The van der Waals surface area contributed by atoms with Gasteiger partial charge in [-0.25, -0.2) is 5.01 Å². The van der Waals surface area contributed by atoms with E-state index >= 15 is 0 Å². The normalized spacial score (nSPS) is 9.29. The Morgan fingerprint density at radius 2 is 1.79 bits per heavy atom. The van der Waals surface area contributed by atoms with E-state index in [0.29, 0.717) is 23.8 Å². The van der Waals surface area contributed by atoms with Crippen LogP contribution in [0.3, 0.4) is 0 Å². The second-order valence-corrected chi connectivity index (χ2v) is 4.55. The zero-order valence-electron chi connectivity index (χ0n) is 14.5. The molecule has 0 saturated heterocycles. The summed E-state index contributed by atoms with van der Waals surface area (Å²) in [7, 11) is 1.58. The Bertz CT molecular complexity index is 657. The van der Waals surface area contributed by atoms with Crippen LogP contribution in [0.15, 0.2) is 66.0 Å². The van der Waals surface area contributed by atoms with E-state index in [9.17, 15) is 0 Å². The number of anilines is 1. The fraction of sp³-hybridized carbons (Fsp3) is 0.211. The Balaban J connectivity index is 0.00000139. The van der Waals surface area contributed by atoms with E-state index in [1.54, 1.807) is 19.2 Å². The highest BCUT2D eigenvalue weighted by molar-refractivity contribution is 5.59. The van der Waals surface area contributed by atoms with Crippen molar-refractivity contribution in [3.8, 4) is 11.5 Å². The Morgan fingerprint density at radius 1 is 1.12 bits per heavy atom. The SMILES string of the molecule is C=NN(C(=C)N)c1ccc(OCc2ccccc2)c(OC)c1.CC. The maximum absolute atomic E-state index is 5.80. The summed E-state index contributed by atoms with van der Waals surface area (Å²) < 4.78 is 11.2. The van der Waals surface area contributed by atoms with Crippen molar-refractivity contribution < 1.29 is 9.47 Å². The molecule has 5 heteroatoms. The highest BCUT2D eigenvalue weighted by Crippen LogP contribution is 2.33. The predicted molar refractivity (Wildman–Crippen MR) is 100 cm³/mol. The predicted octanol–water partition coefficient (Wildman–Crippen LogP) is 4.15. The maximum atomic E-state index is 5.80. The van der Waals surface area contributed by atoms with Gasteiger partial charge in [-0.3, -0.25) is 0 Å². The van der Waals surface area contributed by atoms with Gasteiger partial charge in [0, 0.05) is 12.8 Å². The zero-order valence-corrected chi connectivity index (χ0v) is 14.5. The summed E-state index contributed by atoms with van der Waals surface area (Å²) in [4.78, 5) is 0. The molecule has 2 rings (SSSR count). The molecule has 0 unspecified atom stereocenters. The van der Waals surface area contributed by atoms with Crippen LogP contribution in [0.1, 0.15) is 19.4 Å². The molecule has 0 aromatic heterocycles. The van der Waals surface area contributed by atoms with Gasteiger partial charge in [-0.2, -0.15) is 5.10 Å². The van der Waals surface area contributed by atoms with Crippen molar-refractivity contribution in [2.24, 2.45) is 10.8 Å². The first-order chi connectivity index (χ1) is 11.7. The third-order valence-corrected chi connectivity index (χ3v) is 3.04. The number of rotatable bonds is 7. The zero-order chi connectivity index (χ0) is 17.9. The van der Waals surface area contributed by atoms with Crippen LogP contribution in [-0.4, -0.2) is 13.8 Å². The molecule has 0 aliphatic rings. The van der Waals surface area contributed by atoms with Crippen LogP contribution >= 0.6 is 0 Å². The molecule has 0 aliphatic heterocycles. The first-order valence-corrected chi connectivity index (χ1v) is 7.71. The van der Waals surface area contributed by atoms with Gasteiger partial charge in [0.2, 0.25) is 0 Å². The summed E-state index contributed by atoms with van der Waals surface area (Å²) in [6.45, 7) is 11.6. The van der Waals surface area contributed by atoms with E-state index < -0.39 is 0 Å². The molecule has 2 aromatic rings. The van der Waals surface area contributed by atoms with E-state index in [2.05, 4.69) is 18.4 Å². The Morgan fingerprint density at radius 3 is 2.33 bits per heavy atom. The summed E-state index contributed by atoms with van der Waals surface area (Å²) in [5, 5.41) is 5.24.